The number of benzene rings is 2. The normalized spacial score (nSPS) is 15.3. The second-order valence-corrected chi connectivity index (χ2v) is 9.58. The molecule has 0 N–H and O–H groups in total. The maximum Gasteiger partial charge on any atom is 0.228 e. The van der Waals surface area contributed by atoms with Crippen molar-refractivity contribution >= 4 is 17.2 Å². The molecule has 0 unspecified atom stereocenters. The lowest BCUT2D eigenvalue weighted by atomic mass is 9.91. The van der Waals surface area contributed by atoms with Gasteiger partial charge in [0.2, 0.25) is 5.91 Å². The van der Waals surface area contributed by atoms with Gasteiger partial charge in [-0.15, -0.1) is 11.3 Å². The van der Waals surface area contributed by atoms with Crippen LogP contribution in [-0.4, -0.2) is 38.2 Å². The second kappa shape index (κ2) is 10.3. The van der Waals surface area contributed by atoms with Gasteiger partial charge in [0.05, 0.1) is 26.7 Å². The molecule has 1 aliphatic heterocycles. The van der Waals surface area contributed by atoms with Gasteiger partial charge in [0.25, 0.3) is 0 Å². The molecule has 0 radical (unpaired) electrons. The molecule has 1 atom stereocenters. The number of rotatable bonds is 8. The van der Waals surface area contributed by atoms with Gasteiger partial charge in [0.15, 0.2) is 11.5 Å². The summed E-state index contributed by atoms with van der Waals surface area (Å²) in [6.07, 6.45) is 1.17. The Kier molecular flexibility index (Phi) is 7.23. The van der Waals surface area contributed by atoms with E-state index in [1.54, 1.807) is 25.6 Å². The van der Waals surface area contributed by atoms with Crippen molar-refractivity contribution in [1.29, 1.82) is 0 Å². The minimum Gasteiger partial charge on any atom is -0.493 e. The van der Waals surface area contributed by atoms with E-state index in [0.717, 1.165) is 28.2 Å². The standard InChI is InChI=1S/C27H31NO4S/c1-18(2)19-7-9-21(10-8-19)32-17-24-23-16-26(31-4)25(30-3)14-20(23)11-12-28(24)27(29)15-22-6-5-13-33-22/h5-10,13-14,16,18,24H,11-12,15,17H2,1-4H3/t24-/m1/s1. The highest BCUT2D eigenvalue weighted by Crippen LogP contribution is 2.38. The number of hydrogen-bond donors (Lipinski definition) is 0. The number of carbonyl (C=O) groups is 1. The number of nitrogens with zero attached hydrogens (tertiary/aromatic N) is 1. The first-order valence-corrected chi connectivity index (χ1v) is 12.2. The van der Waals surface area contributed by atoms with Gasteiger partial charge in [0.1, 0.15) is 12.4 Å². The molecule has 0 fully saturated rings. The van der Waals surface area contributed by atoms with Crippen LogP contribution in [0.5, 0.6) is 17.2 Å². The van der Waals surface area contributed by atoms with Gasteiger partial charge >= 0.3 is 0 Å². The summed E-state index contributed by atoms with van der Waals surface area (Å²) in [4.78, 5) is 16.3. The highest BCUT2D eigenvalue weighted by molar-refractivity contribution is 7.10. The van der Waals surface area contributed by atoms with E-state index in [1.807, 2.05) is 46.7 Å². The van der Waals surface area contributed by atoms with E-state index in [0.29, 0.717) is 37.0 Å². The number of fused-ring (bicyclic) bond motifs is 1. The zero-order valence-corrected chi connectivity index (χ0v) is 20.5. The van der Waals surface area contributed by atoms with Crippen molar-refractivity contribution in [2.75, 3.05) is 27.4 Å². The van der Waals surface area contributed by atoms with Gasteiger partial charge in [-0.3, -0.25) is 4.79 Å². The maximum atomic E-state index is 13.3. The number of hydrogen-bond acceptors (Lipinski definition) is 5. The monoisotopic (exact) mass is 465 g/mol. The largest absolute Gasteiger partial charge is 0.493 e. The first-order chi connectivity index (χ1) is 16.0. The number of methoxy groups -OCH3 is 2. The lowest BCUT2D eigenvalue weighted by molar-refractivity contribution is -0.134. The molecule has 5 nitrogen and oxygen atoms in total. The molecule has 6 heteroatoms. The molecule has 0 saturated heterocycles. The topological polar surface area (TPSA) is 48.0 Å². The van der Waals surface area contributed by atoms with Crippen molar-refractivity contribution in [2.45, 2.75) is 38.6 Å². The third-order valence-electron chi connectivity index (χ3n) is 6.18. The van der Waals surface area contributed by atoms with E-state index in [2.05, 4.69) is 26.0 Å². The van der Waals surface area contributed by atoms with Crippen LogP contribution in [0, 0.1) is 0 Å². The molecule has 174 valence electrons. The van der Waals surface area contributed by atoms with E-state index >= 15 is 0 Å². The van der Waals surface area contributed by atoms with Crippen molar-refractivity contribution in [3.8, 4) is 17.2 Å². The maximum absolute atomic E-state index is 13.3. The smallest absolute Gasteiger partial charge is 0.228 e. The van der Waals surface area contributed by atoms with E-state index in [9.17, 15) is 4.79 Å². The number of carbonyl (C=O) groups excluding carboxylic acids is 1. The van der Waals surface area contributed by atoms with Crippen LogP contribution >= 0.6 is 11.3 Å². The lowest BCUT2D eigenvalue weighted by Crippen LogP contribution is -2.43. The summed E-state index contributed by atoms with van der Waals surface area (Å²) in [5.74, 6) is 2.75. The van der Waals surface area contributed by atoms with Crippen LogP contribution in [0.3, 0.4) is 0 Å². The second-order valence-electron chi connectivity index (χ2n) is 8.55. The Balaban J connectivity index is 1.62. The Morgan fingerprint density at radius 2 is 1.82 bits per heavy atom. The van der Waals surface area contributed by atoms with Crippen molar-refractivity contribution in [3.63, 3.8) is 0 Å². The molecule has 3 aromatic rings. The quantitative estimate of drug-likeness (QED) is 0.432. The Hall–Kier alpha value is -2.99. The average Bonchev–Trinajstić information content (AvgIpc) is 3.34. The van der Waals surface area contributed by atoms with Crippen molar-refractivity contribution in [3.05, 3.63) is 75.5 Å². The van der Waals surface area contributed by atoms with Crippen LogP contribution in [-0.2, 0) is 17.6 Å². The van der Waals surface area contributed by atoms with Crippen molar-refractivity contribution in [1.82, 2.24) is 4.90 Å². The van der Waals surface area contributed by atoms with Gasteiger partial charge in [-0.2, -0.15) is 0 Å². The van der Waals surface area contributed by atoms with Crippen LogP contribution in [0.15, 0.2) is 53.9 Å². The summed E-state index contributed by atoms with van der Waals surface area (Å²) in [6, 6.07) is 16.0. The molecular formula is C27H31NO4S. The molecule has 1 aromatic heterocycles. The van der Waals surface area contributed by atoms with E-state index in [4.69, 9.17) is 14.2 Å². The zero-order valence-electron chi connectivity index (χ0n) is 19.7. The first kappa shape index (κ1) is 23.2. The van der Waals surface area contributed by atoms with E-state index in [-0.39, 0.29) is 11.9 Å². The summed E-state index contributed by atoms with van der Waals surface area (Å²) in [5.41, 5.74) is 3.49. The van der Waals surface area contributed by atoms with E-state index in [1.165, 1.54) is 5.56 Å². The third-order valence-corrected chi connectivity index (χ3v) is 7.06. The molecule has 4 rings (SSSR count). The van der Waals surface area contributed by atoms with Gasteiger partial charge in [0, 0.05) is 11.4 Å². The predicted octanol–water partition coefficient (Wildman–Crippen LogP) is 5.64. The molecule has 0 aliphatic carbocycles. The Morgan fingerprint density at radius 3 is 2.45 bits per heavy atom. The van der Waals surface area contributed by atoms with Crippen LogP contribution in [0.25, 0.3) is 0 Å². The van der Waals surface area contributed by atoms with Crippen molar-refractivity contribution < 1.29 is 19.0 Å². The molecule has 2 aromatic carbocycles. The zero-order chi connectivity index (χ0) is 23.4. The number of amides is 1. The molecule has 0 saturated carbocycles. The molecule has 2 heterocycles. The average molecular weight is 466 g/mol. The van der Waals surface area contributed by atoms with Crippen LogP contribution in [0.1, 0.15) is 47.4 Å². The Labute approximate surface area is 199 Å². The minimum atomic E-state index is -0.203. The molecule has 1 amide bonds. The van der Waals surface area contributed by atoms with Crippen LogP contribution in [0.4, 0.5) is 0 Å². The van der Waals surface area contributed by atoms with Gasteiger partial charge in [-0.1, -0.05) is 32.0 Å². The fraction of sp³-hybridized carbons (Fsp3) is 0.370. The van der Waals surface area contributed by atoms with Gasteiger partial charge in [-0.25, -0.2) is 0 Å². The summed E-state index contributed by atoms with van der Waals surface area (Å²) in [6.45, 7) is 5.37. The minimum absolute atomic E-state index is 0.113. The Morgan fingerprint density at radius 1 is 1.09 bits per heavy atom. The highest BCUT2D eigenvalue weighted by atomic mass is 32.1. The summed E-state index contributed by atoms with van der Waals surface area (Å²) in [7, 11) is 3.28. The SMILES string of the molecule is COc1cc2c(cc1OC)[C@@H](COc1ccc(C(C)C)cc1)N(C(=O)Cc1cccs1)CC2. The molecule has 0 bridgehead atoms. The van der Waals surface area contributed by atoms with Crippen LogP contribution < -0.4 is 14.2 Å². The lowest BCUT2D eigenvalue weighted by Gasteiger charge is -2.37. The van der Waals surface area contributed by atoms with Gasteiger partial charge in [-0.05, 0) is 64.7 Å². The summed E-state index contributed by atoms with van der Waals surface area (Å²) >= 11 is 1.61. The molecule has 0 spiro atoms. The molecular weight excluding hydrogens is 434 g/mol. The summed E-state index contributed by atoms with van der Waals surface area (Å²) < 4.78 is 17.3. The van der Waals surface area contributed by atoms with Crippen molar-refractivity contribution in [2.24, 2.45) is 0 Å². The van der Waals surface area contributed by atoms with E-state index < -0.39 is 0 Å². The van der Waals surface area contributed by atoms with Gasteiger partial charge < -0.3 is 19.1 Å². The third kappa shape index (κ3) is 5.17. The fourth-order valence-electron chi connectivity index (χ4n) is 4.29. The predicted molar refractivity (Wildman–Crippen MR) is 132 cm³/mol. The molecule has 33 heavy (non-hydrogen) atoms. The Bertz CT molecular complexity index is 1080. The first-order valence-electron chi connectivity index (χ1n) is 11.3. The fourth-order valence-corrected chi connectivity index (χ4v) is 4.99. The highest BCUT2D eigenvalue weighted by Gasteiger charge is 2.33. The number of ether oxygens (including phenoxy) is 3. The van der Waals surface area contributed by atoms with Crippen LogP contribution in [0.2, 0.25) is 0 Å². The number of thiophene rings is 1. The summed E-state index contributed by atoms with van der Waals surface area (Å²) in [5, 5.41) is 2.01. The molecule has 1 aliphatic rings.